The lowest BCUT2D eigenvalue weighted by molar-refractivity contribution is 0.367. The maximum absolute atomic E-state index is 9.47. The molecule has 72 valence electrons. The Balaban J connectivity index is 3.12. The van der Waals surface area contributed by atoms with E-state index in [0.29, 0.717) is 12.3 Å². The maximum Gasteiger partial charge on any atom is 0.163 e. The molecule has 0 aliphatic carbocycles. The highest BCUT2D eigenvalue weighted by Crippen LogP contribution is 2.33. The highest BCUT2D eigenvalue weighted by molar-refractivity contribution is 5.47. The topological polar surface area (TPSA) is 55.5 Å². The molecule has 0 spiro atoms. The van der Waals surface area contributed by atoms with Crippen molar-refractivity contribution in [1.82, 2.24) is 0 Å². The molecule has 3 N–H and O–H groups in total. The predicted octanol–water partition coefficient (Wildman–Crippen LogP) is 1.46. The lowest BCUT2D eigenvalue weighted by Gasteiger charge is -2.14. The van der Waals surface area contributed by atoms with Crippen molar-refractivity contribution in [2.24, 2.45) is 5.73 Å². The molecule has 13 heavy (non-hydrogen) atoms. The van der Waals surface area contributed by atoms with Crippen LogP contribution in [0.15, 0.2) is 18.2 Å². The number of nitrogens with two attached hydrogens (primary N) is 1. The zero-order chi connectivity index (χ0) is 9.84. The van der Waals surface area contributed by atoms with Crippen LogP contribution in [0.4, 0.5) is 0 Å². The Kier molecular flexibility index (Phi) is 3.14. The average Bonchev–Trinajstić information content (AvgIpc) is 2.16. The van der Waals surface area contributed by atoms with E-state index >= 15 is 0 Å². The van der Waals surface area contributed by atoms with Crippen LogP contribution in [0.1, 0.15) is 18.4 Å². The molecule has 0 aliphatic rings. The molecule has 0 bridgehead atoms. The molecule has 3 nitrogen and oxygen atoms in total. The number of hydrogen-bond donors (Lipinski definition) is 2. The van der Waals surface area contributed by atoms with Gasteiger partial charge in [0, 0.05) is 5.56 Å². The number of aromatic hydroxyl groups is 1. The first-order valence-electron chi connectivity index (χ1n) is 4.26. The van der Waals surface area contributed by atoms with Crippen molar-refractivity contribution in [3.8, 4) is 11.5 Å². The van der Waals surface area contributed by atoms with Crippen LogP contribution in [-0.4, -0.2) is 18.8 Å². The number of hydrogen-bond acceptors (Lipinski definition) is 3. The Morgan fingerprint density at radius 3 is 2.77 bits per heavy atom. The summed E-state index contributed by atoms with van der Waals surface area (Å²) in [6.45, 7) is 2.54. The quantitative estimate of drug-likeness (QED) is 0.742. The molecule has 1 aromatic rings. The van der Waals surface area contributed by atoms with Gasteiger partial charge >= 0.3 is 0 Å². The first kappa shape index (κ1) is 9.86. The second-order valence-corrected chi connectivity index (χ2v) is 3.04. The van der Waals surface area contributed by atoms with Crippen LogP contribution in [0.2, 0.25) is 0 Å². The van der Waals surface area contributed by atoms with E-state index in [0.717, 1.165) is 5.56 Å². The fraction of sp³-hybridized carbons (Fsp3) is 0.400. The van der Waals surface area contributed by atoms with Crippen molar-refractivity contribution in [2.75, 3.05) is 13.7 Å². The summed E-state index contributed by atoms with van der Waals surface area (Å²) in [4.78, 5) is 0. The van der Waals surface area contributed by atoms with Gasteiger partial charge in [-0.2, -0.15) is 0 Å². The fourth-order valence-corrected chi connectivity index (χ4v) is 1.28. The lowest BCUT2D eigenvalue weighted by atomic mass is 10.00. The standard InChI is InChI=1S/C10H15NO2/c1-7(6-11)8-4-3-5-9(12)10(8)13-2/h3-5,7,12H,6,11H2,1-2H3. The van der Waals surface area contributed by atoms with Crippen LogP contribution in [0.5, 0.6) is 11.5 Å². The van der Waals surface area contributed by atoms with Gasteiger partial charge in [-0.05, 0) is 18.5 Å². The van der Waals surface area contributed by atoms with Crippen molar-refractivity contribution in [1.29, 1.82) is 0 Å². The van der Waals surface area contributed by atoms with Crippen LogP contribution >= 0.6 is 0 Å². The van der Waals surface area contributed by atoms with E-state index in [4.69, 9.17) is 10.5 Å². The van der Waals surface area contributed by atoms with Crippen molar-refractivity contribution >= 4 is 0 Å². The summed E-state index contributed by atoms with van der Waals surface area (Å²) in [5.41, 5.74) is 6.49. The second-order valence-electron chi connectivity index (χ2n) is 3.04. The first-order valence-corrected chi connectivity index (χ1v) is 4.26. The van der Waals surface area contributed by atoms with E-state index in [1.165, 1.54) is 0 Å². The van der Waals surface area contributed by atoms with E-state index in [1.807, 2.05) is 13.0 Å². The van der Waals surface area contributed by atoms with E-state index < -0.39 is 0 Å². The zero-order valence-electron chi connectivity index (χ0n) is 7.95. The highest BCUT2D eigenvalue weighted by atomic mass is 16.5. The summed E-state index contributed by atoms with van der Waals surface area (Å²) < 4.78 is 5.09. The fourth-order valence-electron chi connectivity index (χ4n) is 1.28. The number of methoxy groups -OCH3 is 1. The zero-order valence-corrected chi connectivity index (χ0v) is 7.95. The number of rotatable bonds is 3. The molecule has 0 amide bonds. The number of phenolic OH excluding ortho intramolecular Hbond substituents is 1. The molecule has 1 atom stereocenters. The largest absolute Gasteiger partial charge is 0.504 e. The third kappa shape index (κ3) is 1.92. The van der Waals surface area contributed by atoms with Gasteiger partial charge in [0.25, 0.3) is 0 Å². The summed E-state index contributed by atoms with van der Waals surface area (Å²) in [6.07, 6.45) is 0. The van der Waals surface area contributed by atoms with Gasteiger partial charge in [-0.1, -0.05) is 19.1 Å². The van der Waals surface area contributed by atoms with Gasteiger partial charge in [0.2, 0.25) is 0 Å². The van der Waals surface area contributed by atoms with E-state index in [1.54, 1.807) is 19.2 Å². The Labute approximate surface area is 78.1 Å². The van der Waals surface area contributed by atoms with Gasteiger partial charge in [-0.3, -0.25) is 0 Å². The number of para-hydroxylation sites is 1. The minimum Gasteiger partial charge on any atom is -0.504 e. The molecule has 0 fully saturated rings. The molecule has 0 saturated heterocycles. The minimum absolute atomic E-state index is 0.167. The molecule has 1 unspecified atom stereocenters. The first-order chi connectivity index (χ1) is 6.20. The van der Waals surface area contributed by atoms with Crippen LogP contribution in [0.25, 0.3) is 0 Å². The van der Waals surface area contributed by atoms with Crippen LogP contribution in [0.3, 0.4) is 0 Å². The van der Waals surface area contributed by atoms with Crippen molar-refractivity contribution in [3.05, 3.63) is 23.8 Å². The molecule has 3 heteroatoms. The SMILES string of the molecule is COc1c(O)cccc1C(C)CN. The summed E-state index contributed by atoms with van der Waals surface area (Å²) in [5.74, 6) is 0.891. The Hall–Kier alpha value is -1.22. The molecule has 0 saturated carbocycles. The summed E-state index contributed by atoms with van der Waals surface area (Å²) in [7, 11) is 1.54. The van der Waals surface area contributed by atoms with Crippen molar-refractivity contribution < 1.29 is 9.84 Å². The van der Waals surface area contributed by atoms with Gasteiger partial charge in [0.05, 0.1) is 7.11 Å². The summed E-state index contributed by atoms with van der Waals surface area (Å²) >= 11 is 0. The number of benzene rings is 1. The Bertz CT molecular complexity index is 286. The monoisotopic (exact) mass is 181 g/mol. The highest BCUT2D eigenvalue weighted by Gasteiger charge is 2.12. The average molecular weight is 181 g/mol. The van der Waals surface area contributed by atoms with E-state index in [-0.39, 0.29) is 11.7 Å². The Morgan fingerprint density at radius 1 is 1.54 bits per heavy atom. The smallest absolute Gasteiger partial charge is 0.163 e. The van der Waals surface area contributed by atoms with Crippen LogP contribution < -0.4 is 10.5 Å². The van der Waals surface area contributed by atoms with Gasteiger partial charge in [0.1, 0.15) is 0 Å². The summed E-state index contributed by atoms with van der Waals surface area (Å²) in [6, 6.07) is 5.31. The van der Waals surface area contributed by atoms with E-state index in [2.05, 4.69) is 0 Å². The molecule has 0 heterocycles. The Morgan fingerprint density at radius 2 is 2.23 bits per heavy atom. The third-order valence-electron chi connectivity index (χ3n) is 2.11. The second kappa shape index (κ2) is 4.14. The molecule has 0 aliphatic heterocycles. The van der Waals surface area contributed by atoms with Crippen molar-refractivity contribution in [2.45, 2.75) is 12.8 Å². The molecule has 1 aromatic carbocycles. The third-order valence-corrected chi connectivity index (χ3v) is 2.11. The number of ether oxygens (including phenoxy) is 1. The van der Waals surface area contributed by atoms with Gasteiger partial charge in [-0.25, -0.2) is 0 Å². The predicted molar refractivity (Wildman–Crippen MR) is 52.1 cm³/mol. The summed E-state index contributed by atoms with van der Waals surface area (Å²) in [5, 5.41) is 9.47. The van der Waals surface area contributed by atoms with Crippen molar-refractivity contribution in [3.63, 3.8) is 0 Å². The molecular formula is C10H15NO2. The van der Waals surface area contributed by atoms with Crippen LogP contribution in [0, 0.1) is 0 Å². The molecule has 0 aromatic heterocycles. The van der Waals surface area contributed by atoms with Gasteiger partial charge in [-0.15, -0.1) is 0 Å². The normalized spacial score (nSPS) is 12.5. The lowest BCUT2D eigenvalue weighted by Crippen LogP contribution is -2.09. The molecule has 0 radical (unpaired) electrons. The van der Waals surface area contributed by atoms with E-state index in [9.17, 15) is 5.11 Å². The molecule has 1 rings (SSSR count). The van der Waals surface area contributed by atoms with Gasteiger partial charge < -0.3 is 15.6 Å². The molecular weight excluding hydrogens is 166 g/mol. The van der Waals surface area contributed by atoms with Crippen LogP contribution in [-0.2, 0) is 0 Å². The van der Waals surface area contributed by atoms with Gasteiger partial charge in [0.15, 0.2) is 11.5 Å². The minimum atomic E-state index is 0.167. The maximum atomic E-state index is 9.47. The number of phenols is 1.